The van der Waals surface area contributed by atoms with Crippen LogP contribution in [0.1, 0.15) is 13.3 Å². The number of hydrogen-bond donors (Lipinski definition) is 1. The first-order valence-corrected chi connectivity index (χ1v) is 2.58. The van der Waals surface area contributed by atoms with E-state index < -0.39 is 0 Å². The van der Waals surface area contributed by atoms with E-state index in [9.17, 15) is 0 Å². The van der Waals surface area contributed by atoms with Gasteiger partial charge in [-0.1, -0.05) is 6.92 Å². The second-order valence-electron chi connectivity index (χ2n) is 1.17. The van der Waals surface area contributed by atoms with Crippen LogP contribution in [0.3, 0.4) is 0 Å². The second kappa shape index (κ2) is 6.63. The monoisotopic (exact) mass is 124 g/mol. The topological polar surface area (TPSA) is 65.4 Å². The largest absolute Gasteiger partial charge is 0.198 e. The standard InChI is InChI=1S/C3H5N.C2H3N3/c1-2-3-4;1-2-4-5-3-1/h2H2,1H3;1-2H,(H,3,4,5). The molecule has 0 unspecified atom stereocenters. The van der Waals surface area contributed by atoms with Crippen LogP contribution in [0.5, 0.6) is 0 Å². The highest BCUT2D eigenvalue weighted by Gasteiger charge is 1.57. The fraction of sp³-hybridized carbons (Fsp3) is 0.400. The van der Waals surface area contributed by atoms with Crippen LogP contribution in [0.2, 0.25) is 0 Å². The Labute approximate surface area is 53.5 Å². The van der Waals surface area contributed by atoms with E-state index in [0.29, 0.717) is 6.42 Å². The quantitative estimate of drug-likeness (QED) is 0.554. The summed E-state index contributed by atoms with van der Waals surface area (Å²) in [5, 5.41) is 17.0. The molecule has 1 aromatic heterocycles. The minimum absolute atomic E-state index is 0.625. The van der Waals surface area contributed by atoms with Crippen LogP contribution in [0.25, 0.3) is 0 Å². The van der Waals surface area contributed by atoms with Gasteiger partial charge in [0.1, 0.15) is 0 Å². The van der Waals surface area contributed by atoms with Crippen LogP contribution in [0.15, 0.2) is 12.4 Å². The smallest absolute Gasteiger partial charge is 0.0690 e. The zero-order valence-corrected chi connectivity index (χ0v) is 5.20. The van der Waals surface area contributed by atoms with Crippen LogP contribution in [0, 0.1) is 11.3 Å². The highest BCUT2D eigenvalue weighted by atomic mass is 15.3. The van der Waals surface area contributed by atoms with Crippen molar-refractivity contribution in [3.05, 3.63) is 12.4 Å². The maximum Gasteiger partial charge on any atom is 0.0690 e. The van der Waals surface area contributed by atoms with E-state index in [0.717, 1.165) is 0 Å². The molecule has 0 saturated heterocycles. The van der Waals surface area contributed by atoms with Gasteiger partial charge in [0, 0.05) is 6.42 Å². The predicted molar refractivity (Wildman–Crippen MR) is 32.3 cm³/mol. The Balaban J connectivity index is 0.000000148. The molecule has 0 bridgehead atoms. The number of hydrogen-bond acceptors (Lipinski definition) is 3. The molecule has 0 aromatic carbocycles. The van der Waals surface area contributed by atoms with E-state index in [1.807, 2.05) is 13.0 Å². The number of aromatic nitrogens is 3. The molecule has 1 aromatic rings. The van der Waals surface area contributed by atoms with E-state index in [2.05, 4.69) is 15.4 Å². The molecule has 4 heteroatoms. The SMILES string of the molecule is CCC#N.c1cn[nH]n1. The third-order valence-corrected chi connectivity index (χ3v) is 0.489. The highest BCUT2D eigenvalue weighted by Crippen LogP contribution is 1.58. The first-order valence-electron chi connectivity index (χ1n) is 2.58. The minimum Gasteiger partial charge on any atom is -0.198 e. The number of nitriles is 1. The summed E-state index contributed by atoms with van der Waals surface area (Å²) in [5.41, 5.74) is 0. The summed E-state index contributed by atoms with van der Waals surface area (Å²) in [7, 11) is 0. The Kier molecular flexibility index (Phi) is 5.62. The summed E-state index contributed by atoms with van der Waals surface area (Å²) in [6, 6.07) is 1.93. The van der Waals surface area contributed by atoms with E-state index >= 15 is 0 Å². The van der Waals surface area contributed by atoms with Gasteiger partial charge in [-0.25, -0.2) is 0 Å². The third kappa shape index (κ3) is 6.63. The molecule has 0 atom stereocenters. The summed E-state index contributed by atoms with van der Waals surface area (Å²) in [5.74, 6) is 0. The number of H-pyrrole nitrogens is 1. The van der Waals surface area contributed by atoms with Crippen molar-refractivity contribution in [3.63, 3.8) is 0 Å². The lowest BCUT2D eigenvalue weighted by Crippen LogP contribution is -1.61. The molecule has 9 heavy (non-hydrogen) atoms. The van der Waals surface area contributed by atoms with Crippen LogP contribution < -0.4 is 0 Å². The van der Waals surface area contributed by atoms with Gasteiger partial charge in [-0.15, -0.1) is 0 Å². The Morgan fingerprint density at radius 1 is 1.56 bits per heavy atom. The Hall–Kier alpha value is -1.37. The van der Waals surface area contributed by atoms with Crippen molar-refractivity contribution in [1.82, 2.24) is 15.4 Å². The van der Waals surface area contributed by atoms with Crippen molar-refractivity contribution in [2.24, 2.45) is 0 Å². The van der Waals surface area contributed by atoms with Gasteiger partial charge in [0.05, 0.1) is 18.5 Å². The maximum absolute atomic E-state index is 7.62. The van der Waals surface area contributed by atoms with Crippen LogP contribution in [-0.2, 0) is 0 Å². The van der Waals surface area contributed by atoms with E-state index in [4.69, 9.17) is 5.26 Å². The van der Waals surface area contributed by atoms with Gasteiger partial charge >= 0.3 is 0 Å². The average molecular weight is 124 g/mol. The van der Waals surface area contributed by atoms with Crippen molar-refractivity contribution < 1.29 is 0 Å². The first kappa shape index (κ1) is 7.63. The van der Waals surface area contributed by atoms with Crippen molar-refractivity contribution in [3.8, 4) is 6.07 Å². The molecule has 0 fully saturated rings. The van der Waals surface area contributed by atoms with Gasteiger partial charge in [-0.3, -0.25) is 0 Å². The zero-order chi connectivity index (χ0) is 6.95. The maximum atomic E-state index is 7.62. The number of aromatic amines is 1. The number of nitrogens with zero attached hydrogens (tertiary/aromatic N) is 3. The molecule has 1 heterocycles. The molecular formula is C5H8N4. The fourth-order valence-electron chi connectivity index (χ4n) is 0.167. The van der Waals surface area contributed by atoms with Gasteiger partial charge in [0.15, 0.2) is 0 Å². The molecule has 0 amide bonds. The minimum atomic E-state index is 0.625. The number of rotatable bonds is 0. The van der Waals surface area contributed by atoms with E-state index in [1.54, 1.807) is 12.4 Å². The molecule has 1 N–H and O–H groups in total. The Morgan fingerprint density at radius 3 is 2.11 bits per heavy atom. The summed E-state index contributed by atoms with van der Waals surface area (Å²) < 4.78 is 0. The summed E-state index contributed by atoms with van der Waals surface area (Å²) in [6.07, 6.45) is 3.79. The summed E-state index contributed by atoms with van der Waals surface area (Å²) in [6.45, 7) is 1.82. The number of nitrogens with one attached hydrogen (secondary N) is 1. The third-order valence-electron chi connectivity index (χ3n) is 0.489. The molecule has 0 saturated carbocycles. The lowest BCUT2D eigenvalue weighted by Gasteiger charge is -1.48. The van der Waals surface area contributed by atoms with Crippen molar-refractivity contribution in [2.45, 2.75) is 13.3 Å². The van der Waals surface area contributed by atoms with Gasteiger partial charge in [-0.05, 0) is 0 Å². The lowest BCUT2D eigenvalue weighted by molar-refractivity contribution is 0.940. The van der Waals surface area contributed by atoms with Crippen LogP contribution in [-0.4, -0.2) is 15.4 Å². The van der Waals surface area contributed by atoms with Gasteiger partial charge in [-0.2, -0.15) is 20.7 Å². The fourth-order valence-corrected chi connectivity index (χ4v) is 0.167. The van der Waals surface area contributed by atoms with Gasteiger partial charge in [0.25, 0.3) is 0 Å². The lowest BCUT2D eigenvalue weighted by atomic mass is 10.6. The van der Waals surface area contributed by atoms with Crippen molar-refractivity contribution in [1.29, 1.82) is 5.26 Å². The van der Waals surface area contributed by atoms with E-state index in [-0.39, 0.29) is 0 Å². The summed E-state index contributed by atoms with van der Waals surface area (Å²) in [4.78, 5) is 0. The molecule has 0 spiro atoms. The molecule has 4 nitrogen and oxygen atoms in total. The van der Waals surface area contributed by atoms with Crippen LogP contribution >= 0.6 is 0 Å². The molecule has 0 aliphatic rings. The molecule has 0 aliphatic carbocycles. The second-order valence-corrected chi connectivity index (χ2v) is 1.17. The normalized spacial score (nSPS) is 6.67. The Bertz CT molecular complexity index is 133. The molecule has 0 aliphatic heterocycles. The molecule has 0 radical (unpaired) electrons. The van der Waals surface area contributed by atoms with Crippen molar-refractivity contribution in [2.75, 3.05) is 0 Å². The van der Waals surface area contributed by atoms with E-state index in [1.165, 1.54) is 0 Å². The summed E-state index contributed by atoms with van der Waals surface area (Å²) >= 11 is 0. The Morgan fingerprint density at radius 2 is 2.00 bits per heavy atom. The van der Waals surface area contributed by atoms with Crippen LogP contribution in [0.4, 0.5) is 0 Å². The molecule has 1 rings (SSSR count). The van der Waals surface area contributed by atoms with Gasteiger partial charge in [0.2, 0.25) is 0 Å². The zero-order valence-electron chi connectivity index (χ0n) is 5.20. The molecular weight excluding hydrogens is 116 g/mol. The average Bonchev–Trinajstić information content (AvgIpc) is 2.43. The molecule has 48 valence electrons. The van der Waals surface area contributed by atoms with Crippen molar-refractivity contribution >= 4 is 0 Å². The predicted octanol–water partition coefficient (Wildman–Crippen LogP) is 0.725. The highest BCUT2D eigenvalue weighted by molar-refractivity contribution is 4.61. The first-order chi connectivity index (χ1) is 4.41. The van der Waals surface area contributed by atoms with Gasteiger partial charge < -0.3 is 0 Å².